The van der Waals surface area contributed by atoms with Crippen LogP contribution in [-0.4, -0.2) is 13.7 Å². The predicted octanol–water partition coefficient (Wildman–Crippen LogP) is 1.88. The van der Waals surface area contributed by atoms with Crippen molar-refractivity contribution in [2.45, 2.75) is 19.8 Å². The van der Waals surface area contributed by atoms with E-state index < -0.39 is 0 Å². The van der Waals surface area contributed by atoms with Crippen LogP contribution < -0.4 is 0 Å². The van der Waals surface area contributed by atoms with Crippen molar-refractivity contribution in [1.82, 2.24) is 0 Å². The molecule has 0 saturated carbocycles. The minimum Gasteiger partial charge on any atom is -0.384 e. The highest BCUT2D eigenvalue weighted by molar-refractivity contribution is 4.51. The summed E-state index contributed by atoms with van der Waals surface area (Å²) in [5.74, 6) is 0.678. The first kappa shape index (κ1) is 7.96. The fraction of sp³-hybridized carbons (Fsp3) is 0.857. The lowest BCUT2D eigenvalue weighted by Crippen LogP contribution is -2.01. The Hall–Kier alpha value is -0.0400. The van der Waals surface area contributed by atoms with Crippen molar-refractivity contribution in [2.24, 2.45) is 5.92 Å². The summed E-state index contributed by atoms with van der Waals surface area (Å²) in [4.78, 5) is 0. The standard InChI is InChI=1S/C7H15O/c1-4-5-7(2)6-8-3/h7H,1,4-6H2,2-3H3. The number of hydrogen-bond acceptors (Lipinski definition) is 1. The van der Waals surface area contributed by atoms with E-state index in [-0.39, 0.29) is 0 Å². The minimum atomic E-state index is 0.678. The van der Waals surface area contributed by atoms with Gasteiger partial charge < -0.3 is 4.74 Å². The van der Waals surface area contributed by atoms with Crippen LogP contribution in [0.2, 0.25) is 0 Å². The van der Waals surface area contributed by atoms with E-state index in [2.05, 4.69) is 13.8 Å². The maximum Gasteiger partial charge on any atom is 0.0487 e. The van der Waals surface area contributed by atoms with Gasteiger partial charge in [0.25, 0.3) is 0 Å². The minimum absolute atomic E-state index is 0.678. The maximum atomic E-state index is 4.93. The summed E-state index contributed by atoms with van der Waals surface area (Å²) in [7, 11) is 1.74. The highest BCUT2D eigenvalue weighted by Gasteiger charge is 1.96. The molecule has 0 bridgehead atoms. The molecule has 0 aliphatic heterocycles. The summed E-state index contributed by atoms with van der Waals surface area (Å²) < 4.78 is 4.93. The van der Waals surface area contributed by atoms with E-state index in [9.17, 15) is 0 Å². The van der Waals surface area contributed by atoms with Gasteiger partial charge in [0, 0.05) is 13.7 Å². The number of rotatable bonds is 4. The third kappa shape index (κ3) is 4.13. The van der Waals surface area contributed by atoms with Gasteiger partial charge in [-0.15, -0.1) is 0 Å². The van der Waals surface area contributed by atoms with Crippen LogP contribution in [0.25, 0.3) is 0 Å². The Kier molecular flexibility index (Phi) is 5.08. The Morgan fingerprint density at radius 2 is 2.25 bits per heavy atom. The van der Waals surface area contributed by atoms with E-state index in [4.69, 9.17) is 4.74 Å². The zero-order valence-electron chi connectivity index (χ0n) is 5.81. The molecule has 0 aromatic rings. The number of methoxy groups -OCH3 is 1. The average molecular weight is 115 g/mol. The van der Waals surface area contributed by atoms with Gasteiger partial charge in [-0.05, 0) is 12.3 Å². The molecule has 0 aliphatic carbocycles. The van der Waals surface area contributed by atoms with Crippen LogP contribution in [0.4, 0.5) is 0 Å². The Balaban J connectivity index is 2.92. The molecule has 0 fully saturated rings. The second-order valence-electron chi connectivity index (χ2n) is 2.20. The molecule has 1 unspecified atom stereocenters. The Morgan fingerprint density at radius 1 is 1.62 bits per heavy atom. The van der Waals surface area contributed by atoms with Crippen molar-refractivity contribution in [3.05, 3.63) is 6.92 Å². The second-order valence-corrected chi connectivity index (χ2v) is 2.20. The van der Waals surface area contributed by atoms with E-state index >= 15 is 0 Å². The molecule has 1 heteroatoms. The maximum absolute atomic E-state index is 4.93. The fourth-order valence-electron chi connectivity index (χ4n) is 0.716. The van der Waals surface area contributed by atoms with Crippen molar-refractivity contribution in [3.8, 4) is 0 Å². The fourth-order valence-corrected chi connectivity index (χ4v) is 0.716. The van der Waals surface area contributed by atoms with Crippen LogP contribution in [0.3, 0.4) is 0 Å². The number of ether oxygens (including phenoxy) is 1. The normalized spacial score (nSPS) is 13.9. The molecule has 0 rings (SSSR count). The smallest absolute Gasteiger partial charge is 0.0487 e. The molecule has 0 aromatic carbocycles. The molecule has 0 N–H and O–H groups in total. The van der Waals surface area contributed by atoms with Crippen molar-refractivity contribution < 1.29 is 4.74 Å². The van der Waals surface area contributed by atoms with Gasteiger partial charge in [0.2, 0.25) is 0 Å². The molecule has 1 nitrogen and oxygen atoms in total. The molecule has 0 amide bonds. The summed E-state index contributed by atoms with van der Waals surface area (Å²) in [6.45, 7) is 6.80. The van der Waals surface area contributed by atoms with Gasteiger partial charge in [0.1, 0.15) is 0 Å². The SMILES string of the molecule is [CH2]CCC(C)COC. The van der Waals surface area contributed by atoms with Crippen LogP contribution in [0.15, 0.2) is 0 Å². The Morgan fingerprint density at radius 3 is 2.62 bits per heavy atom. The first-order chi connectivity index (χ1) is 3.81. The predicted molar refractivity (Wildman–Crippen MR) is 35.6 cm³/mol. The van der Waals surface area contributed by atoms with Gasteiger partial charge in [-0.2, -0.15) is 0 Å². The van der Waals surface area contributed by atoms with Crippen molar-refractivity contribution >= 4 is 0 Å². The summed E-state index contributed by atoms with van der Waals surface area (Å²) in [5.41, 5.74) is 0. The van der Waals surface area contributed by atoms with Crippen LogP contribution in [0.5, 0.6) is 0 Å². The lowest BCUT2D eigenvalue weighted by Gasteiger charge is -2.05. The third-order valence-electron chi connectivity index (χ3n) is 1.15. The number of hydrogen-bond donors (Lipinski definition) is 0. The Labute approximate surface area is 52.0 Å². The highest BCUT2D eigenvalue weighted by Crippen LogP contribution is 2.03. The van der Waals surface area contributed by atoms with Crippen LogP contribution in [0.1, 0.15) is 19.8 Å². The summed E-state index contributed by atoms with van der Waals surface area (Å²) in [6.07, 6.45) is 2.19. The van der Waals surface area contributed by atoms with Crippen LogP contribution in [0, 0.1) is 12.8 Å². The molecular weight excluding hydrogens is 100 g/mol. The molecule has 8 heavy (non-hydrogen) atoms. The van der Waals surface area contributed by atoms with Crippen molar-refractivity contribution in [1.29, 1.82) is 0 Å². The molecular formula is C7H15O. The summed E-state index contributed by atoms with van der Waals surface area (Å²) in [5, 5.41) is 0. The van der Waals surface area contributed by atoms with Gasteiger partial charge in [0.15, 0.2) is 0 Å². The van der Waals surface area contributed by atoms with E-state index in [1.807, 2.05) is 0 Å². The molecule has 0 heterocycles. The van der Waals surface area contributed by atoms with Crippen LogP contribution in [-0.2, 0) is 4.74 Å². The van der Waals surface area contributed by atoms with Gasteiger partial charge in [-0.25, -0.2) is 0 Å². The molecule has 1 radical (unpaired) electrons. The molecule has 49 valence electrons. The van der Waals surface area contributed by atoms with E-state index in [0.29, 0.717) is 5.92 Å². The molecule has 1 atom stereocenters. The largest absolute Gasteiger partial charge is 0.384 e. The lowest BCUT2D eigenvalue weighted by molar-refractivity contribution is 0.156. The monoisotopic (exact) mass is 115 g/mol. The molecule has 0 spiro atoms. The molecule has 0 aromatic heterocycles. The van der Waals surface area contributed by atoms with Gasteiger partial charge in [0.05, 0.1) is 0 Å². The van der Waals surface area contributed by atoms with Crippen molar-refractivity contribution in [3.63, 3.8) is 0 Å². The van der Waals surface area contributed by atoms with Gasteiger partial charge >= 0.3 is 0 Å². The van der Waals surface area contributed by atoms with Gasteiger partial charge in [-0.3, -0.25) is 0 Å². The van der Waals surface area contributed by atoms with Crippen LogP contribution >= 0.6 is 0 Å². The zero-order valence-corrected chi connectivity index (χ0v) is 5.81. The van der Waals surface area contributed by atoms with Crippen molar-refractivity contribution in [2.75, 3.05) is 13.7 Å². The third-order valence-corrected chi connectivity index (χ3v) is 1.15. The Bertz CT molecular complexity index is 37.7. The first-order valence-corrected chi connectivity index (χ1v) is 3.09. The summed E-state index contributed by atoms with van der Waals surface area (Å²) >= 11 is 0. The topological polar surface area (TPSA) is 9.23 Å². The van der Waals surface area contributed by atoms with E-state index in [0.717, 1.165) is 13.0 Å². The van der Waals surface area contributed by atoms with E-state index in [1.165, 1.54) is 6.42 Å². The molecule has 0 aliphatic rings. The summed E-state index contributed by atoms with van der Waals surface area (Å²) in [6, 6.07) is 0. The second kappa shape index (κ2) is 5.10. The van der Waals surface area contributed by atoms with E-state index in [1.54, 1.807) is 7.11 Å². The average Bonchev–Trinajstić information content (AvgIpc) is 1.68. The first-order valence-electron chi connectivity index (χ1n) is 3.09. The van der Waals surface area contributed by atoms with Gasteiger partial charge in [-0.1, -0.05) is 20.3 Å². The zero-order chi connectivity index (χ0) is 6.41. The quantitative estimate of drug-likeness (QED) is 0.543. The highest BCUT2D eigenvalue weighted by atomic mass is 16.5. The lowest BCUT2D eigenvalue weighted by atomic mass is 10.1. The molecule has 0 saturated heterocycles.